The number of amides is 1. The summed E-state index contributed by atoms with van der Waals surface area (Å²) in [6.45, 7) is 0. The number of ether oxygens (including phenoxy) is 1. The average Bonchev–Trinajstić information content (AvgIpc) is 2.55. The molecule has 0 aromatic heterocycles. The molecule has 5 heteroatoms. The van der Waals surface area contributed by atoms with Gasteiger partial charge in [-0.25, -0.2) is 0 Å². The summed E-state index contributed by atoms with van der Waals surface area (Å²) < 4.78 is 5.40. The molecule has 0 spiro atoms. The van der Waals surface area contributed by atoms with Gasteiger partial charge in [0.25, 0.3) is 5.91 Å². The number of hydrogen-bond donors (Lipinski definition) is 1. The number of anilines is 1. The molecule has 22 heavy (non-hydrogen) atoms. The number of methoxy groups -OCH3 is 1. The molecule has 3 rings (SSSR count). The van der Waals surface area contributed by atoms with Crippen molar-refractivity contribution in [3.05, 3.63) is 70.9 Å². The van der Waals surface area contributed by atoms with Crippen LogP contribution in [0.5, 0.6) is 5.75 Å². The molecule has 0 unspecified atom stereocenters. The third-order valence-electron chi connectivity index (χ3n) is 3.46. The second kappa shape index (κ2) is 6.12. The predicted molar refractivity (Wildman–Crippen MR) is 87.2 cm³/mol. The molecule has 0 saturated carbocycles. The first-order chi connectivity index (χ1) is 10.7. The number of hydrazine groups is 1. The van der Waals surface area contributed by atoms with Crippen LogP contribution in [0.15, 0.2) is 54.7 Å². The van der Waals surface area contributed by atoms with E-state index in [-0.39, 0.29) is 5.91 Å². The van der Waals surface area contributed by atoms with Crippen molar-refractivity contribution in [1.29, 1.82) is 0 Å². The number of carbonyl (C=O) groups excluding carboxylic acids is 1. The topological polar surface area (TPSA) is 41.6 Å². The average molecular weight is 315 g/mol. The third kappa shape index (κ3) is 2.78. The van der Waals surface area contributed by atoms with Gasteiger partial charge in [0.2, 0.25) is 0 Å². The fraction of sp³-hybridized carbons (Fsp3) is 0.118. The lowest BCUT2D eigenvalue weighted by atomic mass is 10.1. The highest BCUT2D eigenvalue weighted by atomic mass is 35.5. The van der Waals surface area contributed by atoms with Gasteiger partial charge in [-0.1, -0.05) is 29.8 Å². The number of fused-ring (bicyclic) bond motifs is 1. The van der Waals surface area contributed by atoms with Crippen LogP contribution in [-0.4, -0.2) is 13.0 Å². The van der Waals surface area contributed by atoms with Gasteiger partial charge in [-0.3, -0.25) is 15.2 Å². The van der Waals surface area contributed by atoms with E-state index in [0.717, 1.165) is 23.4 Å². The summed E-state index contributed by atoms with van der Waals surface area (Å²) in [7, 11) is 1.62. The van der Waals surface area contributed by atoms with Crippen LogP contribution in [0.25, 0.3) is 0 Å². The van der Waals surface area contributed by atoms with Crippen molar-refractivity contribution in [1.82, 2.24) is 5.43 Å². The van der Waals surface area contributed by atoms with Gasteiger partial charge < -0.3 is 4.74 Å². The van der Waals surface area contributed by atoms with E-state index in [9.17, 15) is 4.79 Å². The third-order valence-corrected chi connectivity index (χ3v) is 3.72. The summed E-state index contributed by atoms with van der Waals surface area (Å²) in [5, 5.41) is 2.29. The van der Waals surface area contributed by atoms with E-state index in [0.29, 0.717) is 10.6 Å². The molecule has 112 valence electrons. The van der Waals surface area contributed by atoms with Crippen LogP contribution in [0.4, 0.5) is 5.69 Å². The van der Waals surface area contributed by atoms with E-state index >= 15 is 0 Å². The Kier molecular flexibility index (Phi) is 4.02. The Morgan fingerprint density at radius 2 is 2.00 bits per heavy atom. The zero-order valence-corrected chi connectivity index (χ0v) is 12.8. The van der Waals surface area contributed by atoms with Gasteiger partial charge in [0, 0.05) is 16.8 Å². The smallest absolute Gasteiger partial charge is 0.270 e. The Balaban J connectivity index is 1.87. The Bertz CT molecular complexity index is 726. The van der Waals surface area contributed by atoms with Crippen LogP contribution in [0, 0.1) is 0 Å². The van der Waals surface area contributed by atoms with Crippen molar-refractivity contribution in [2.75, 3.05) is 12.1 Å². The predicted octanol–water partition coefficient (Wildman–Crippen LogP) is 3.57. The zero-order chi connectivity index (χ0) is 15.5. The van der Waals surface area contributed by atoms with Gasteiger partial charge in [0.1, 0.15) is 11.4 Å². The maximum atomic E-state index is 12.4. The highest BCUT2D eigenvalue weighted by Crippen LogP contribution is 2.34. The first kappa shape index (κ1) is 14.5. The molecule has 1 aliphatic rings. The van der Waals surface area contributed by atoms with E-state index in [1.807, 2.05) is 30.5 Å². The van der Waals surface area contributed by atoms with E-state index in [4.69, 9.17) is 16.3 Å². The van der Waals surface area contributed by atoms with E-state index in [1.54, 1.807) is 36.4 Å². The van der Waals surface area contributed by atoms with Crippen LogP contribution >= 0.6 is 11.6 Å². The number of allylic oxidation sites excluding steroid dienone is 1. The van der Waals surface area contributed by atoms with E-state index in [1.165, 1.54) is 0 Å². The van der Waals surface area contributed by atoms with Crippen LogP contribution in [0.3, 0.4) is 0 Å². The summed E-state index contributed by atoms with van der Waals surface area (Å²) in [6.07, 6.45) is 4.63. The minimum absolute atomic E-state index is 0.208. The van der Waals surface area contributed by atoms with Gasteiger partial charge in [-0.15, -0.1) is 0 Å². The van der Waals surface area contributed by atoms with Crippen molar-refractivity contribution < 1.29 is 9.53 Å². The highest BCUT2D eigenvalue weighted by Gasteiger charge is 2.19. The molecule has 2 aromatic carbocycles. The second-order valence-corrected chi connectivity index (χ2v) is 5.31. The SMILES string of the molecule is COc1cccc2c1N(NC(=O)c1ccc(Cl)cc1)C=CC2. The molecule has 0 saturated heterocycles. The molecule has 0 aliphatic carbocycles. The zero-order valence-electron chi connectivity index (χ0n) is 12.0. The molecule has 4 nitrogen and oxygen atoms in total. The van der Waals surface area contributed by atoms with Crippen molar-refractivity contribution >= 4 is 23.2 Å². The van der Waals surface area contributed by atoms with Crippen molar-refractivity contribution in [2.45, 2.75) is 6.42 Å². The number of hydrogen-bond acceptors (Lipinski definition) is 3. The number of carbonyl (C=O) groups is 1. The summed E-state index contributed by atoms with van der Waals surface area (Å²) in [4.78, 5) is 12.4. The first-order valence-corrected chi connectivity index (χ1v) is 7.25. The normalized spacial score (nSPS) is 12.7. The second-order valence-electron chi connectivity index (χ2n) is 4.87. The summed E-state index contributed by atoms with van der Waals surface area (Å²) in [5.41, 5.74) is 5.36. The van der Waals surface area contributed by atoms with Gasteiger partial charge in [0.15, 0.2) is 0 Å². The van der Waals surface area contributed by atoms with Gasteiger partial charge in [-0.2, -0.15) is 0 Å². The molecule has 0 bridgehead atoms. The van der Waals surface area contributed by atoms with E-state index < -0.39 is 0 Å². The number of nitrogens with one attached hydrogen (secondary N) is 1. The lowest BCUT2D eigenvalue weighted by Crippen LogP contribution is -2.40. The molecule has 1 aliphatic heterocycles. The van der Waals surface area contributed by atoms with Gasteiger partial charge >= 0.3 is 0 Å². The van der Waals surface area contributed by atoms with Gasteiger partial charge in [-0.05, 0) is 42.3 Å². The summed E-state index contributed by atoms with van der Waals surface area (Å²) in [5.74, 6) is 0.512. The molecule has 2 aromatic rings. The van der Waals surface area contributed by atoms with Crippen LogP contribution < -0.4 is 15.2 Å². The molecule has 1 amide bonds. The highest BCUT2D eigenvalue weighted by molar-refractivity contribution is 6.30. The maximum Gasteiger partial charge on any atom is 0.270 e. The van der Waals surface area contributed by atoms with Crippen molar-refractivity contribution in [3.8, 4) is 5.75 Å². The Hall–Kier alpha value is -2.46. The number of nitrogens with zero attached hydrogens (tertiary/aromatic N) is 1. The van der Waals surface area contributed by atoms with E-state index in [2.05, 4.69) is 5.43 Å². The Labute approximate surface area is 133 Å². The lowest BCUT2D eigenvalue weighted by Gasteiger charge is -2.28. The van der Waals surface area contributed by atoms with Crippen molar-refractivity contribution in [3.63, 3.8) is 0 Å². The Morgan fingerprint density at radius 1 is 1.23 bits per heavy atom. The quantitative estimate of drug-likeness (QED) is 0.941. The van der Waals surface area contributed by atoms with Crippen molar-refractivity contribution in [2.24, 2.45) is 0 Å². The number of benzene rings is 2. The molecular formula is C17H15ClN2O2. The molecule has 0 fully saturated rings. The minimum atomic E-state index is -0.208. The van der Waals surface area contributed by atoms with Crippen LogP contribution in [0.1, 0.15) is 15.9 Å². The maximum absolute atomic E-state index is 12.4. The molecular weight excluding hydrogens is 300 g/mol. The molecule has 1 heterocycles. The Morgan fingerprint density at radius 3 is 2.73 bits per heavy atom. The largest absolute Gasteiger partial charge is 0.494 e. The lowest BCUT2D eigenvalue weighted by molar-refractivity contribution is 0.0953. The van der Waals surface area contributed by atoms with Crippen LogP contribution in [0.2, 0.25) is 5.02 Å². The summed E-state index contributed by atoms with van der Waals surface area (Å²) in [6, 6.07) is 12.6. The molecule has 0 atom stereocenters. The monoisotopic (exact) mass is 314 g/mol. The first-order valence-electron chi connectivity index (χ1n) is 6.87. The number of para-hydroxylation sites is 1. The molecule has 0 radical (unpaired) electrons. The fourth-order valence-corrected chi connectivity index (χ4v) is 2.52. The minimum Gasteiger partial charge on any atom is -0.494 e. The van der Waals surface area contributed by atoms with Gasteiger partial charge in [0.05, 0.1) is 7.11 Å². The molecule has 1 N–H and O–H groups in total. The number of rotatable bonds is 3. The standard InChI is InChI=1S/C17H15ClN2O2/c1-22-15-6-2-4-12-5-3-11-20(16(12)15)19-17(21)13-7-9-14(18)10-8-13/h2-4,6-11H,5H2,1H3,(H,19,21). The fourth-order valence-electron chi connectivity index (χ4n) is 2.40. The summed E-state index contributed by atoms with van der Waals surface area (Å²) >= 11 is 5.84. The van der Waals surface area contributed by atoms with Crippen LogP contribution in [-0.2, 0) is 6.42 Å². The number of halogens is 1.